The molecule has 0 saturated carbocycles. The smallest absolute Gasteiger partial charge is 0.478 e. The molecule has 24 heavy (non-hydrogen) atoms. The summed E-state index contributed by atoms with van der Waals surface area (Å²) in [5, 5.41) is 27.2. The molecular weight excluding hydrogens is 303 g/mol. The fourth-order valence-electron chi connectivity index (χ4n) is 2.51. The first-order valence-corrected chi connectivity index (χ1v) is 7.45. The lowest BCUT2D eigenvalue weighted by Crippen LogP contribution is -2.29. The average Bonchev–Trinajstić information content (AvgIpc) is 2.62. The van der Waals surface area contributed by atoms with Gasteiger partial charge in [-0.05, 0) is 39.8 Å². The van der Waals surface area contributed by atoms with Gasteiger partial charge in [0.2, 0.25) is 0 Å². The quantitative estimate of drug-likeness (QED) is 0.646. The van der Waals surface area contributed by atoms with E-state index in [0.29, 0.717) is 5.46 Å². The zero-order valence-electron chi connectivity index (χ0n) is 12.8. The number of hydrogen-bond donors (Lipinski definition) is 3. The molecule has 5 heteroatoms. The summed E-state index contributed by atoms with van der Waals surface area (Å²) in [5.74, 6) is -0.937. The summed E-state index contributed by atoms with van der Waals surface area (Å²) < 4.78 is 0. The van der Waals surface area contributed by atoms with Crippen LogP contribution in [0.15, 0.2) is 72.8 Å². The molecule has 0 fully saturated rings. The van der Waals surface area contributed by atoms with E-state index in [4.69, 9.17) is 15.2 Å². The highest BCUT2D eigenvalue weighted by Crippen LogP contribution is 2.24. The van der Waals surface area contributed by atoms with Gasteiger partial charge in [-0.1, -0.05) is 60.7 Å². The van der Waals surface area contributed by atoms with E-state index < -0.39 is 13.1 Å². The molecule has 0 radical (unpaired) electrons. The van der Waals surface area contributed by atoms with Gasteiger partial charge in [0.1, 0.15) is 0 Å². The van der Waals surface area contributed by atoms with Gasteiger partial charge < -0.3 is 15.2 Å². The van der Waals surface area contributed by atoms with Gasteiger partial charge in [-0.25, -0.2) is 4.79 Å². The molecule has 0 unspecified atom stereocenters. The third kappa shape index (κ3) is 3.37. The van der Waals surface area contributed by atoms with Crippen LogP contribution in [0.2, 0.25) is 0 Å². The predicted molar refractivity (Wildman–Crippen MR) is 94.1 cm³/mol. The molecule has 118 valence electrons. The Morgan fingerprint density at radius 2 is 0.958 bits per heavy atom. The van der Waals surface area contributed by atoms with Crippen LogP contribution in [0.25, 0.3) is 22.3 Å². The van der Waals surface area contributed by atoms with Crippen molar-refractivity contribution in [2.75, 3.05) is 0 Å². The van der Waals surface area contributed by atoms with Gasteiger partial charge in [-0.2, -0.15) is 0 Å². The van der Waals surface area contributed by atoms with E-state index in [2.05, 4.69) is 0 Å². The van der Waals surface area contributed by atoms with E-state index in [1.165, 1.54) is 0 Å². The molecule has 0 aliphatic carbocycles. The molecule has 3 aromatic carbocycles. The van der Waals surface area contributed by atoms with Crippen LogP contribution in [-0.4, -0.2) is 28.2 Å². The van der Waals surface area contributed by atoms with E-state index in [9.17, 15) is 4.79 Å². The molecule has 3 aromatic rings. The molecule has 3 rings (SSSR count). The Morgan fingerprint density at radius 3 is 1.29 bits per heavy atom. The van der Waals surface area contributed by atoms with Gasteiger partial charge in [-0.3, -0.25) is 0 Å². The van der Waals surface area contributed by atoms with E-state index >= 15 is 0 Å². The standard InChI is InChI=1S/C19H15BO4/c21-19(22)17-7-5-15(6-8-17)13-1-3-14(4-2-13)16-9-11-18(12-10-16)20(23)24/h1-12,23-24H,(H,21,22). The number of carbonyl (C=O) groups is 1. The molecular formula is C19H15BO4. The SMILES string of the molecule is O=C(O)c1ccc(-c2ccc(-c3ccc(B(O)O)cc3)cc2)cc1. The summed E-state index contributed by atoms with van der Waals surface area (Å²) in [6, 6.07) is 21.7. The third-order valence-corrected chi connectivity index (χ3v) is 3.89. The second kappa shape index (κ2) is 6.70. The zero-order chi connectivity index (χ0) is 17.1. The van der Waals surface area contributed by atoms with Crippen LogP contribution >= 0.6 is 0 Å². The van der Waals surface area contributed by atoms with Crippen molar-refractivity contribution >= 4 is 18.6 Å². The Balaban J connectivity index is 1.83. The normalized spacial score (nSPS) is 10.4. The first-order valence-electron chi connectivity index (χ1n) is 7.45. The molecule has 0 atom stereocenters. The molecule has 0 saturated heterocycles. The maximum Gasteiger partial charge on any atom is 0.488 e. The molecule has 0 amide bonds. The number of aromatic carboxylic acids is 1. The molecule has 4 nitrogen and oxygen atoms in total. The summed E-state index contributed by atoms with van der Waals surface area (Å²) in [4.78, 5) is 10.9. The molecule has 0 bridgehead atoms. The summed E-state index contributed by atoms with van der Waals surface area (Å²) in [5.41, 5.74) is 4.66. The van der Waals surface area contributed by atoms with Crippen LogP contribution in [0.1, 0.15) is 10.4 Å². The fraction of sp³-hybridized carbons (Fsp3) is 0. The van der Waals surface area contributed by atoms with Gasteiger partial charge >= 0.3 is 13.1 Å². The minimum Gasteiger partial charge on any atom is -0.478 e. The van der Waals surface area contributed by atoms with Crippen molar-refractivity contribution in [1.29, 1.82) is 0 Å². The molecule has 0 heterocycles. The Labute approximate surface area is 139 Å². The summed E-state index contributed by atoms with van der Waals surface area (Å²) in [6.07, 6.45) is 0. The van der Waals surface area contributed by atoms with E-state index in [0.717, 1.165) is 22.3 Å². The van der Waals surface area contributed by atoms with Gasteiger partial charge in [0, 0.05) is 0 Å². The summed E-state index contributed by atoms with van der Waals surface area (Å²) in [6.45, 7) is 0. The van der Waals surface area contributed by atoms with E-state index in [1.807, 2.05) is 36.4 Å². The van der Waals surface area contributed by atoms with Crippen LogP contribution in [0.4, 0.5) is 0 Å². The van der Waals surface area contributed by atoms with Crippen molar-refractivity contribution in [3.63, 3.8) is 0 Å². The van der Waals surface area contributed by atoms with E-state index in [1.54, 1.807) is 36.4 Å². The van der Waals surface area contributed by atoms with Crippen molar-refractivity contribution in [3.05, 3.63) is 78.4 Å². The molecule has 0 aliphatic rings. The Kier molecular flexibility index (Phi) is 4.47. The molecule has 3 N–H and O–H groups in total. The minimum absolute atomic E-state index is 0.265. The lowest BCUT2D eigenvalue weighted by Gasteiger charge is -2.06. The second-order valence-corrected chi connectivity index (χ2v) is 5.46. The van der Waals surface area contributed by atoms with Crippen LogP contribution in [0.3, 0.4) is 0 Å². The summed E-state index contributed by atoms with van der Waals surface area (Å²) in [7, 11) is -1.46. The summed E-state index contributed by atoms with van der Waals surface area (Å²) >= 11 is 0. The minimum atomic E-state index is -1.46. The lowest BCUT2D eigenvalue weighted by atomic mass is 9.80. The fourth-order valence-corrected chi connectivity index (χ4v) is 2.51. The van der Waals surface area contributed by atoms with Gasteiger partial charge in [-0.15, -0.1) is 0 Å². The topological polar surface area (TPSA) is 77.8 Å². The van der Waals surface area contributed by atoms with Crippen molar-refractivity contribution in [3.8, 4) is 22.3 Å². The lowest BCUT2D eigenvalue weighted by molar-refractivity contribution is 0.0697. The highest BCUT2D eigenvalue weighted by molar-refractivity contribution is 6.58. The number of rotatable bonds is 4. The Hall–Kier alpha value is -2.89. The number of hydrogen-bond acceptors (Lipinski definition) is 3. The predicted octanol–water partition coefficient (Wildman–Crippen LogP) is 2.40. The first-order chi connectivity index (χ1) is 11.5. The average molecular weight is 318 g/mol. The maximum absolute atomic E-state index is 10.9. The van der Waals surface area contributed by atoms with Gasteiger partial charge in [0.05, 0.1) is 5.56 Å². The number of benzene rings is 3. The van der Waals surface area contributed by atoms with Crippen LogP contribution in [0.5, 0.6) is 0 Å². The van der Waals surface area contributed by atoms with Gasteiger partial charge in [0.15, 0.2) is 0 Å². The van der Waals surface area contributed by atoms with E-state index in [-0.39, 0.29) is 5.56 Å². The van der Waals surface area contributed by atoms with Crippen molar-refractivity contribution < 1.29 is 19.9 Å². The van der Waals surface area contributed by atoms with Crippen molar-refractivity contribution in [2.45, 2.75) is 0 Å². The number of carboxylic acid groups (broad SMARTS) is 1. The Morgan fingerprint density at radius 1 is 0.625 bits per heavy atom. The maximum atomic E-state index is 10.9. The van der Waals surface area contributed by atoms with Crippen molar-refractivity contribution in [1.82, 2.24) is 0 Å². The largest absolute Gasteiger partial charge is 0.488 e. The van der Waals surface area contributed by atoms with Crippen LogP contribution in [0, 0.1) is 0 Å². The van der Waals surface area contributed by atoms with Crippen LogP contribution in [-0.2, 0) is 0 Å². The molecule has 0 aromatic heterocycles. The highest BCUT2D eigenvalue weighted by atomic mass is 16.4. The van der Waals surface area contributed by atoms with Gasteiger partial charge in [0.25, 0.3) is 0 Å². The molecule has 0 aliphatic heterocycles. The Bertz CT molecular complexity index is 838. The highest BCUT2D eigenvalue weighted by Gasteiger charge is 2.10. The second-order valence-electron chi connectivity index (χ2n) is 5.46. The number of carboxylic acids is 1. The monoisotopic (exact) mass is 318 g/mol. The molecule has 0 spiro atoms. The van der Waals surface area contributed by atoms with Crippen LogP contribution < -0.4 is 5.46 Å². The van der Waals surface area contributed by atoms with Crippen molar-refractivity contribution in [2.24, 2.45) is 0 Å². The third-order valence-electron chi connectivity index (χ3n) is 3.89. The first kappa shape index (κ1) is 16.0. The zero-order valence-corrected chi connectivity index (χ0v) is 12.8.